The first-order valence-corrected chi connectivity index (χ1v) is 5.58. The zero-order valence-corrected chi connectivity index (χ0v) is 10.1. The van der Waals surface area contributed by atoms with E-state index >= 15 is 0 Å². The molecule has 2 rings (SSSR count). The second kappa shape index (κ2) is 5.02. The molecule has 0 atom stereocenters. The molecule has 2 aromatic carbocycles. The van der Waals surface area contributed by atoms with Crippen molar-refractivity contribution in [2.75, 3.05) is 0 Å². The standard InChI is InChI=1S/C14H11ClO2/c1-10-6-5-9-12(17-14(15)16)13(10)11-7-3-2-4-8-11/h2-9H,1H3. The quantitative estimate of drug-likeness (QED) is 0.734. The number of carbonyl (C=O) groups excluding carboxylic acids is 1. The topological polar surface area (TPSA) is 26.3 Å². The van der Waals surface area contributed by atoms with Gasteiger partial charge in [0.05, 0.1) is 0 Å². The minimum Gasteiger partial charge on any atom is -0.414 e. The van der Waals surface area contributed by atoms with E-state index in [4.69, 9.17) is 16.3 Å². The summed E-state index contributed by atoms with van der Waals surface area (Å²) in [5.74, 6) is 0.483. The van der Waals surface area contributed by atoms with Gasteiger partial charge in [0.15, 0.2) is 0 Å². The van der Waals surface area contributed by atoms with Crippen molar-refractivity contribution in [1.29, 1.82) is 0 Å². The molecule has 0 spiro atoms. The lowest BCUT2D eigenvalue weighted by molar-refractivity contribution is 0.226. The normalized spacial score (nSPS) is 10.0. The maximum Gasteiger partial charge on any atom is 0.409 e. The van der Waals surface area contributed by atoms with Crippen LogP contribution in [0.4, 0.5) is 4.79 Å². The maximum absolute atomic E-state index is 10.9. The van der Waals surface area contributed by atoms with E-state index < -0.39 is 5.43 Å². The average Bonchev–Trinajstić information content (AvgIpc) is 2.29. The van der Waals surface area contributed by atoms with Crippen LogP contribution in [0.5, 0.6) is 5.75 Å². The Morgan fingerprint density at radius 3 is 2.41 bits per heavy atom. The zero-order valence-electron chi connectivity index (χ0n) is 9.31. The molecule has 86 valence electrons. The first-order chi connectivity index (χ1) is 8.18. The van der Waals surface area contributed by atoms with Crippen molar-refractivity contribution in [1.82, 2.24) is 0 Å². The number of hydrogen-bond acceptors (Lipinski definition) is 2. The average molecular weight is 247 g/mol. The van der Waals surface area contributed by atoms with Crippen LogP contribution in [-0.4, -0.2) is 5.43 Å². The molecule has 0 N–H and O–H groups in total. The summed E-state index contributed by atoms with van der Waals surface area (Å²) < 4.78 is 5.01. The molecule has 0 aliphatic heterocycles. The Kier molecular flexibility index (Phi) is 3.45. The first kappa shape index (κ1) is 11.7. The highest BCUT2D eigenvalue weighted by Crippen LogP contribution is 2.33. The van der Waals surface area contributed by atoms with E-state index in [1.807, 2.05) is 49.4 Å². The van der Waals surface area contributed by atoms with Gasteiger partial charge in [-0.1, -0.05) is 42.5 Å². The summed E-state index contributed by atoms with van der Waals surface area (Å²) in [5, 5.41) is 0. The Balaban J connectivity index is 2.55. The fraction of sp³-hybridized carbons (Fsp3) is 0.0714. The third-order valence-corrected chi connectivity index (χ3v) is 2.56. The number of rotatable bonds is 2. The molecule has 0 aromatic heterocycles. The van der Waals surface area contributed by atoms with Gasteiger partial charge in [0.25, 0.3) is 0 Å². The Labute approximate surface area is 105 Å². The van der Waals surface area contributed by atoms with Gasteiger partial charge in [-0.25, -0.2) is 4.79 Å². The van der Waals surface area contributed by atoms with Crippen molar-refractivity contribution in [3.8, 4) is 16.9 Å². The van der Waals surface area contributed by atoms with Crippen LogP contribution in [-0.2, 0) is 0 Å². The number of carbonyl (C=O) groups is 1. The molecular weight excluding hydrogens is 236 g/mol. The molecule has 2 aromatic rings. The molecule has 0 heterocycles. The molecule has 0 radical (unpaired) electrons. The zero-order chi connectivity index (χ0) is 12.3. The van der Waals surface area contributed by atoms with Gasteiger partial charge >= 0.3 is 5.43 Å². The van der Waals surface area contributed by atoms with E-state index in [1.165, 1.54) is 0 Å². The van der Waals surface area contributed by atoms with Crippen molar-refractivity contribution in [2.45, 2.75) is 6.92 Å². The summed E-state index contributed by atoms with van der Waals surface area (Å²) in [4.78, 5) is 10.9. The highest BCUT2D eigenvalue weighted by atomic mass is 35.5. The molecule has 0 bridgehead atoms. The van der Waals surface area contributed by atoms with Crippen LogP contribution in [0.3, 0.4) is 0 Å². The first-order valence-electron chi connectivity index (χ1n) is 5.21. The molecule has 0 aliphatic rings. The monoisotopic (exact) mass is 246 g/mol. The summed E-state index contributed by atoms with van der Waals surface area (Å²) in [6.07, 6.45) is 0. The van der Waals surface area contributed by atoms with Crippen LogP contribution in [0, 0.1) is 6.92 Å². The summed E-state index contributed by atoms with van der Waals surface area (Å²) in [6, 6.07) is 15.3. The van der Waals surface area contributed by atoms with Crippen LogP contribution in [0.15, 0.2) is 48.5 Å². The van der Waals surface area contributed by atoms with Crippen LogP contribution in [0.2, 0.25) is 0 Å². The number of benzene rings is 2. The second-order valence-electron chi connectivity index (χ2n) is 3.65. The lowest BCUT2D eigenvalue weighted by atomic mass is 10.00. The summed E-state index contributed by atoms with van der Waals surface area (Å²) in [6.45, 7) is 1.97. The minimum absolute atomic E-state index is 0.483. The molecule has 0 aliphatic carbocycles. The van der Waals surface area contributed by atoms with Crippen molar-refractivity contribution < 1.29 is 9.53 Å². The molecule has 0 saturated carbocycles. The smallest absolute Gasteiger partial charge is 0.409 e. The molecule has 0 saturated heterocycles. The predicted molar refractivity (Wildman–Crippen MR) is 68.5 cm³/mol. The van der Waals surface area contributed by atoms with Crippen molar-refractivity contribution in [3.63, 3.8) is 0 Å². The van der Waals surface area contributed by atoms with E-state index in [9.17, 15) is 4.79 Å². The number of aryl methyl sites for hydroxylation is 1. The third-order valence-electron chi connectivity index (χ3n) is 2.49. The lowest BCUT2D eigenvalue weighted by Crippen LogP contribution is -1.99. The summed E-state index contributed by atoms with van der Waals surface area (Å²) in [7, 11) is 0. The Bertz CT molecular complexity index is 535. The van der Waals surface area contributed by atoms with E-state index in [0.29, 0.717) is 5.75 Å². The third kappa shape index (κ3) is 2.66. The van der Waals surface area contributed by atoms with Gasteiger partial charge in [-0.15, -0.1) is 0 Å². The molecule has 0 unspecified atom stereocenters. The van der Waals surface area contributed by atoms with Crippen LogP contribution in [0.25, 0.3) is 11.1 Å². The van der Waals surface area contributed by atoms with E-state index in [0.717, 1.165) is 16.7 Å². The minimum atomic E-state index is -0.826. The van der Waals surface area contributed by atoms with Crippen molar-refractivity contribution in [3.05, 3.63) is 54.1 Å². The van der Waals surface area contributed by atoms with Gasteiger partial charge < -0.3 is 4.74 Å². The second-order valence-corrected chi connectivity index (χ2v) is 3.96. The van der Waals surface area contributed by atoms with Gasteiger partial charge in [-0.3, -0.25) is 0 Å². The maximum atomic E-state index is 10.9. The highest BCUT2D eigenvalue weighted by Gasteiger charge is 2.11. The predicted octanol–water partition coefficient (Wildman–Crippen LogP) is 4.40. The van der Waals surface area contributed by atoms with Gasteiger partial charge in [0.2, 0.25) is 0 Å². The molecule has 3 heteroatoms. The molecular formula is C14H11ClO2. The highest BCUT2D eigenvalue weighted by molar-refractivity contribution is 6.61. The van der Waals surface area contributed by atoms with Crippen LogP contribution >= 0.6 is 11.6 Å². The molecule has 0 fully saturated rings. The fourth-order valence-corrected chi connectivity index (χ4v) is 1.87. The van der Waals surface area contributed by atoms with Crippen LogP contribution < -0.4 is 4.74 Å². The Hall–Kier alpha value is -1.80. The summed E-state index contributed by atoms with van der Waals surface area (Å²) >= 11 is 5.26. The number of hydrogen-bond donors (Lipinski definition) is 0. The van der Waals surface area contributed by atoms with E-state index in [-0.39, 0.29) is 0 Å². The number of ether oxygens (including phenoxy) is 1. The summed E-state index contributed by atoms with van der Waals surface area (Å²) in [5.41, 5.74) is 2.10. The fourth-order valence-electron chi connectivity index (χ4n) is 1.79. The largest absolute Gasteiger partial charge is 0.414 e. The van der Waals surface area contributed by atoms with Crippen molar-refractivity contribution in [2.24, 2.45) is 0 Å². The molecule has 2 nitrogen and oxygen atoms in total. The number of halogens is 1. The van der Waals surface area contributed by atoms with Crippen molar-refractivity contribution >= 4 is 17.0 Å². The SMILES string of the molecule is Cc1cccc(OC(=O)Cl)c1-c1ccccc1. The van der Waals surface area contributed by atoms with Gasteiger partial charge in [-0.2, -0.15) is 0 Å². The van der Waals surface area contributed by atoms with Gasteiger partial charge in [0.1, 0.15) is 5.75 Å². The molecule has 17 heavy (non-hydrogen) atoms. The van der Waals surface area contributed by atoms with Crippen LogP contribution in [0.1, 0.15) is 5.56 Å². The Morgan fingerprint density at radius 2 is 1.76 bits per heavy atom. The van der Waals surface area contributed by atoms with E-state index in [1.54, 1.807) is 6.07 Å². The van der Waals surface area contributed by atoms with Gasteiger partial charge in [0, 0.05) is 17.2 Å². The lowest BCUT2D eigenvalue weighted by Gasteiger charge is -2.11. The van der Waals surface area contributed by atoms with Gasteiger partial charge in [-0.05, 0) is 24.1 Å². The van der Waals surface area contributed by atoms with E-state index in [2.05, 4.69) is 0 Å². The Morgan fingerprint density at radius 1 is 1.06 bits per heavy atom. The molecule has 0 amide bonds.